The molecule has 0 bridgehead atoms. The molecule has 0 spiro atoms. The van der Waals surface area contributed by atoms with Crippen molar-refractivity contribution >= 4 is 45.5 Å². The Hall–Kier alpha value is -3.27. The van der Waals surface area contributed by atoms with Gasteiger partial charge in [-0.25, -0.2) is 14.6 Å². The lowest BCUT2D eigenvalue weighted by molar-refractivity contribution is 0.0926. The zero-order valence-electron chi connectivity index (χ0n) is 18.7. The molecule has 0 aliphatic carbocycles. The average molecular weight is 467 g/mol. The molecule has 0 radical (unpaired) electrons. The lowest BCUT2D eigenvalue weighted by atomic mass is 10.2. The number of furan rings is 1. The van der Waals surface area contributed by atoms with Crippen LogP contribution in [0.4, 0.5) is 5.82 Å². The van der Waals surface area contributed by atoms with Gasteiger partial charge in [0.15, 0.2) is 27.9 Å². The Kier molecular flexibility index (Phi) is 6.08. The van der Waals surface area contributed by atoms with Gasteiger partial charge in [-0.15, -0.1) is 0 Å². The lowest BCUT2D eigenvalue weighted by Crippen LogP contribution is -2.27. The number of carbonyl (C=O) groups is 1. The van der Waals surface area contributed by atoms with E-state index >= 15 is 0 Å². The van der Waals surface area contributed by atoms with Crippen LogP contribution in [0.3, 0.4) is 0 Å². The number of ether oxygens (including phenoxy) is 1. The molecule has 1 aromatic carbocycles. The fourth-order valence-corrected chi connectivity index (χ4v) is 4.68. The molecule has 0 unspecified atom stereocenters. The molecule has 1 aliphatic heterocycles. The average Bonchev–Trinajstić information content (AvgIpc) is 3.58. The molecule has 10 heteroatoms. The Labute approximate surface area is 195 Å². The summed E-state index contributed by atoms with van der Waals surface area (Å²) in [7, 11) is 1.58. The maximum Gasteiger partial charge on any atom is 0.287 e. The number of hydrogen-bond donors (Lipinski definition) is 1. The van der Waals surface area contributed by atoms with Crippen molar-refractivity contribution in [3.05, 3.63) is 36.2 Å². The summed E-state index contributed by atoms with van der Waals surface area (Å²) in [6, 6.07) is 7.28. The lowest BCUT2D eigenvalue weighted by Gasteiger charge is -2.17. The molecule has 1 saturated heterocycles. The topological polar surface area (TPSA) is 98.3 Å². The smallest absolute Gasteiger partial charge is 0.287 e. The number of benzene rings is 1. The van der Waals surface area contributed by atoms with Crippen LogP contribution in [0.15, 0.2) is 40.0 Å². The van der Waals surface area contributed by atoms with Crippen LogP contribution in [-0.2, 0) is 6.54 Å². The first-order chi connectivity index (χ1) is 16.2. The number of nitrogens with zero attached hydrogens (tertiary/aromatic N) is 5. The second-order valence-electron chi connectivity index (χ2n) is 7.81. The molecule has 9 nitrogen and oxygen atoms in total. The van der Waals surface area contributed by atoms with Crippen LogP contribution in [-0.4, -0.2) is 58.2 Å². The molecule has 3 aromatic heterocycles. The first kappa shape index (κ1) is 21.6. The quantitative estimate of drug-likeness (QED) is 0.310. The molecule has 4 aromatic rings. The summed E-state index contributed by atoms with van der Waals surface area (Å²) < 4.78 is 12.9. The fourth-order valence-electron chi connectivity index (χ4n) is 4.12. The molecule has 33 heavy (non-hydrogen) atoms. The van der Waals surface area contributed by atoms with Gasteiger partial charge in [0.25, 0.3) is 5.91 Å². The minimum absolute atomic E-state index is 0.250. The predicted molar refractivity (Wildman–Crippen MR) is 128 cm³/mol. The van der Waals surface area contributed by atoms with Gasteiger partial charge in [0, 0.05) is 25.0 Å². The predicted octanol–water partition coefficient (Wildman–Crippen LogP) is 3.72. The number of methoxy groups -OCH3 is 1. The molecule has 1 fully saturated rings. The maximum atomic E-state index is 12.7. The number of hydrogen-bond acceptors (Lipinski definition) is 8. The highest BCUT2D eigenvalue weighted by molar-refractivity contribution is 7.99. The van der Waals surface area contributed by atoms with E-state index in [0.717, 1.165) is 46.2 Å². The van der Waals surface area contributed by atoms with E-state index in [4.69, 9.17) is 19.1 Å². The van der Waals surface area contributed by atoms with Crippen molar-refractivity contribution < 1.29 is 13.9 Å². The van der Waals surface area contributed by atoms with Gasteiger partial charge in [0.2, 0.25) is 0 Å². The number of para-hydroxylation sites is 1. The molecule has 0 saturated carbocycles. The van der Waals surface area contributed by atoms with Crippen molar-refractivity contribution in [2.24, 2.45) is 0 Å². The Balaban J connectivity index is 1.33. The third-order valence-electron chi connectivity index (χ3n) is 5.70. The Morgan fingerprint density at radius 3 is 2.91 bits per heavy atom. The summed E-state index contributed by atoms with van der Waals surface area (Å²) in [5.41, 5.74) is 1.36. The molecular weight excluding hydrogens is 440 g/mol. The van der Waals surface area contributed by atoms with Crippen LogP contribution in [0.1, 0.15) is 30.3 Å². The van der Waals surface area contributed by atoms with E-state index in [0.29, 0.717) is 24.4 Å². The zero-order valence-corrected chi connectivity index (χ0v) is 19.5. The number of thioether (sulfide) groups is 1. The van der Waals surface area contributed by atoms with Crippen LogP contribution < -0.4 is 15.0 Å². The van der Waals surface area contributed by atoms with E-state index in [-0.39, 0.29) is 11.7 Å². The summed E-state index contributed by atoms with van der Waals surface area (Å²) in [6.07, 6.45) is 4.18. The number of aromatic nitrogens is 4. The van der Waals surface area contributed by atoms with Gasteiger partial charge >= 0.3 is 0 Å². The number of anilines is 1. The summed E-state index contributed by atoms with van der Waals surface area (Å²) in [6.45, 7) is 4.99. The van der Waals surface area contributed by atoms with Gasteiger partial charge in [0.05, 0.1) is 25.2 Å². The van der Waals surface area contributed by atoms with Crippen molar-refractivity contribution in [3.8, 4) is 5.75 Å². The molecule has 1 aliphatic rings. The van der Waals surface area contributed by atoms with Crippen LogP contribution in [0.2, 0.25) is 0 Å². The highest BCUT2D eigenvalue weighted by Gasteiger charge is 2.21. The van der Waals surface area contributed by atoms with Gasteiger partial charge in [-0.2, -0.15) is 5.10 Å². The van der Waals surface area contributed by atoms with Crippen molar-refractivity contribution in [3.63, 3.8) is 0 Å². The molecule has 1 amide bonds. The molecule has 4 heterocycles. The second-order valence-corrected chi connectivity index (χ2v) is 9.04. The van der Waals surface area contributed by atoms with Gasteiger partial charge in [-0.05, 0) is 30.7 Å². The molecule has 1 N–H and O–H groups in total. The summed E-state index contributed by atoms with van der Waals surface area (Å²) in [5.74, 6) is 2.43. The van der Waals surface area contributed by atoms with Crippen molar-refractivity contribution in [1.29, 1.82) is 0 Å². The van der Waals surface area contributed by atoms with Crippen LogP contribution in [0.5, 0.6) is 5.75 Å². The molecule has 5 rings (SSSR count). The van der Waals surface area contributed by atoms with E-state index in [1.807, 2.05) is 23.0 Å². The standard InChI is InChI=1S/C23H26N6O3S/c1-3-33-23-26-20(28-10-4-5-11-28)16-14-25-29(21(16)27-23)12-9-24-22(30)18-13-15-7-6-8-17(31-2)19(15)32-18/h6-8,13-14H,3-5,9-12H2,1-2H3,(H,24,30). The summed E-state index contributed by atoms with van der Waals surface area (Å²) in [5, 5.41) is 9.99. The van der Waals surface area contributed by atoms with Crippen molar-refractivity contribution in [2.45, 2.75) is 31.5 Å². The van der Waals surface area contributed by atoms with Crippen molar-refractivity contribution in [2.75, 3.05) is 37.4 Å². The first-order valence-electron chi connectivity index (χ1n) is 11.1. The van der Waals surface area contributed by atoms with Gasteiger partial charge in [0.1, 0.15) is 5.82 Å². The van der Waals surface area contributed by atoms with E-state index in [1.54, 1.807) is 31.0 Å². The fraction of sp³-hybridized carbons (Fsp3) is 0.391. The minimum Gasteiger partial charge on any atom is -0.493 e. The van der Waals surface area contributed by atoms with Gasteiger partial charge in [-0.3, -0.25) is 4.79 Å². The molecule has 0 atom stereocenters. The van der Waals surface area contributed by atoms with Gasteiger partial charge in [-0.1, -0.05) is 30.8 Å². The number of amides is 1. The number of carbonyl (C=O) groups excluding carboxylic acids is 1. The SMILES string of the molecule is CCSc1nc(N2CCCC2)c2cnn(CCNC(=O)c3cc4cccc(OC)c4o3)c2n1. The Morgan fingerprint density at radius 1 is 1.27 bits per heavy atom. The van der Waals surface area contributed by atoms with Crippen LogP contribution in [0.25, 0.3) is 22.0 Å². The van der Waals surface area contributed by atoms with Gasteiger partial charge < -0.3 is 19.4 Å². The second kappa shape index (κ2) is 9.30. The molecule has 172 valence electrons. The summed E-state index contributed by atoms with van der Waals surface area (Å²) in [4.78, 5) is 24.5. The Bertz CT molecular complexity index is 1290. The molecular formula is C23H26N6O3S. The number of fused-ring (bicyclic) bond motifs is 2. The largest absolute Gasteiger partial charge is 0.493 e. The Morgan fingerprint density at radius 2 is 2.12 bits per heavy atom. The van der Waals surface area contributed by atoms with E-state index in [2.05, 4.69) is 22.2 Å². The van der Waals surface area contributed by atoms with Crippen molar-refractivity contribution in [1.82, 2.24) is 25.1 Å². The van der Waals surface area contributed by atoms with Crippen LogP contribution >= 0.6 is 11.8 Å². The summed E-state index contributed by atoms with van der Waals surface area (Å²) >= 11 is 1.62. The third kappa shape index (κ3) is 4.22. The monoisotopic (exact) mass is 466 g/mol. The normalized spacial score (nSPS) is 13.8. The zero-order chi connectivity index (χ0) is 22.8. The van der Waals surface area contributed by atoms with E-state index in [1.165, 1.54) is 12.8 Å². The van der Waals surface area contributed by atoms with Crippen LogP contribution in [0, 0.1) is 0 Å². The number of rotatable bonds is 8. The minimum atomic E-state index is -0.278. The van der Waals surface area contributed by atoms with E-state index in [9.17, 15) is 4.79 Å². The third-order valence-corrected chi connectivity index (χ3v) is 6.42. The maximum absolute atomic E-state index is 12.7. The number of nitrogens with one attached hydrogen (secondary N) is 1. The van der Waals surface area contributed by atoms with E-state index < -0.39 is 0 Å². The highest BCUT2D eigenvalue weighted by Crippen LogP contribution is 2.30. The first-order valence-corrected chi connectivity index (χ1v) is 12.1. The highest BCUT2D eigenvalue weighted by atomic mass is 32.2.